The quantitative estimate of drug-likeness (QED) is 0.404. The average molecular weight is 340 g/mol. The van der Waals surface area contributed by atoms with Gasteiger partial charge in [-0.15, -0.1) is 0 Å². The van der Waals surface area contributed by atoms with Crippen LogP contribution in [0.25, 0.3) is 0 Å². The topological polar surface area (TPSA) is 134 Å². The maximum Gasteiger partial charge on any atom is 0.471 e. The highest BCUT2D eigenvalue weighted by molar-refractivity contribution is 7.47. The molecule has 0 heterocycles. The highest BCUT2D eigenvalue weighted by Crippen LogP contribution is 2.43. The second-order valence-corrected chi connectivity index (χ2v) is 6.87. The van der Waals surface area contributed by atoms with Gasteiger partial charge in [-0.1, -0.05) is 13.8 Å². The van der Waals surface area contributed by atoms with E-state index >= 15 is 0 Å². The molecule has 0 aromatic heterocycles. The van der Waals surface area contributed by atoms with Gasteiger partial charge in [-0.3, -0.25) is 18.6 Å². The SMILES string of the molecule is CCNC(=O)CCNC(=O)C(O)C(C)(C)COP(=O)(O)OC. The molecule has 2 amide bonds. The molecular formula is C12H25N2O7P. The standard InChI is InChI=1S/C12H25N2O7P/c1-5-13-9(15)6-7-14-11(17)10(16)12(2,3)8-21-22(18,19)20-4/h10,16H,5-8H2,1-4H3,(H,13,15)(H,14,17)(H,18,19). The molecule has 2 unspecified atom stereocenters. The lowest BCUT2D eigenvalue weighted by Crippen LogP contribution is -2.46. The number of phosphoric ester groups is 1. The van der Waals surface area contributed by atoms with Gasteiger partial charge >= 0.3 is 7.82 Å². The van der Waals surface area contributed by atoms with E-state index in [9.17, 15) is 19.3 Å². The summed E-state index contributed by atoms with van der Waals surface area (Å²) in [5.74, 6) is -0.899. The maximum atomic E-state index is 11.8. The van der Waals surface area contributed by atoms with Crippen molar-refractivity contribution in [3.63, 3.8) is 0 Å². The highest BCUT2D eigenvalue weighted by Gasteiger charge is 2.36. The number of rotatable bonds is 10. The Morgan fingerprint density at radius 1 is 1.32 bits per heavy atom. The minimum absolute atomic E-state index is 0.0786. The van der Waals surface area contributed by atoms with Crippen LogP contribution in [-0.4, -0.2) is 54.7 Å². The van der Waals surface area contributed by atoms with Crippen LogP contribution in [0, 0.1) is 5.41 Å². The molecule has 0 aromatic rings. The van der Waals surface area contributed by atoms with E-state index in [1.54, 1.807) is 6.92 Å². The Labute approximate surface area is 130 Å². The summed E-state index contributed by atoms with van der Waals surface area (Å²) in [6.07, 6.45) is -1.38. The molecule has 10 heteroatoms. The summed E-state index contributed by atoms with van der Waals surface area (Å²) in [4.78, 5) is 32.2. The number of hydrogen-bond acceptors (Lipinski definition) is 6. The summed E-state index contributed by atoms with van der Waals surface area (Å²) in [5.41, 5.74) is -1.12. The zero-order chi connectivity index (χ0) is 17.4. The molecule has 0 fully saturated rings. The van der Waals surface area contributed by atoms with E-state index in [0.29, 0.717) is 6.54 Å². The van der Waals surface area contributed by atoms with Crippen LogP contribution in [0.5, 0.6) is 0 Å². The molecule has 9 nitrogen and oxygen atoms in total. The molecule has 0 aliphatic rings. The van der Waals surface area contributed by atoms with Crippen LogP contribution in [0.3, 0.4) is 0 Å². The van der Waals surface area contributed by atoms with Crippen LogP contribution in [0.1, 0.15) is 27.2 Å². The first kappa shape index (κ1) is 21.0. The van der Waals surface area contributed by atoms with Gasteiger partial charge in [0.2, 0.25) is 11.8 Å². The third-order valence-electron chi connectivity index (χ3n) is 2.84. The number of aliphatic hydroxyl groups excluding tert-OH is 1. The van der Waals surface area contributed by atoms with Gasteiger partial charge in [0.05, 0.1) is 6.61 Å². The summed E-state index contributed by atoms with van der Waals surface area (Å²) in [5, 5.41) is 15.0. The molecule has 0 aliphatic carbocycles. The Balaban J connectivity index is 4.35. The average Bonchev–Trinajstić information content (AvgIpc) is 2.44. The number of phosphoric acid groups is 1. The van der Waals surface area contributed by atoms with Crippen molar-refractivity contribution >= 4 is 19.6 Å². The number of carbonyl (C=O) groups is 2. The fraction of sp³-hybridized carbons (Fsp3) is 0.833. The van der Waals surface area contributed by atoms with Crippen molar-refractivity contribution in [2.24, 2.45) is 5.41 Å². The first-order valence-corrected chi connectivity index (χ1v) is 8.31. The lowest BCUT2D eigenvalue weighted by Gasteiger charge is -2.29. The number of aliphatic hydroxyl groups is 1. The smallest absolute Gasteiger partial charge is 0.383 e. The van der Waals surface area contributed by atoms with E-state index in [0.717, 1.165) is 7.11 Å². The molecule has 130 valence electrons. The number of carbonyl (C=O) groups excluding carboxylic acids is 2. The van der Waals surface area contributed by atoms with Crippen molar-refractivity contribution in [3.05, 3.63) is 0 Å². The van der Waals surface area contributed by atoms with E-state index in [4.69, 9.17) is 4.89 Å². The van der Waals surface area contributed by atoms with E-state index in [-0.39, 0.29) is 25.5 Å². The fourth-order valence-corrected chi connectivity index (χ4v) is 2.02. The molecule has 0 aliphatic heterocycles. The van der Waals surface area contributed by atoms with Gasteiger partial charge in [0.15, 0.2) is 0 Å². The van der Waals surface area contributed by atoms with Crippen LogP contribution in [-0.2, 0) is 23.2 Å². The first-order valence-electron chi connectivity index (χ1n) is 6.81. The zero-order valence-corrected chi connectivity index (χ0v) is 14.2. The van der Waals surface area contributed by atoms with Crippen molar-refractivity contribution in [3.8, 4) is 0 Å². The van der Waals surface area contributed by atoms with E-state index in [1.807, 2.05) is 0 Å². The first-order chi connectivity index (χ1) is 10.1. The van der Waals surface area contributed by atoms with Gasteiger partial charge in [-0.25, -0.2) is 4.57 Å². The van der Waals surface area contributed by atoms with Crippen molar-refractivity contribution in [1.29, 1.82) is 0 Å². The molecule has 0 saturated carbocycles. The van der Waals surface area contributed by atoms with E-state index in [2.05, 4.69) is 19.7 Å². The van der Waals surface area contributed by atoms with Crippen LogP contribution in [0.2, 0.25) is 0 Å². The second-order valence-electron chi connectivity index (χ2n) is 5.31. The molecule has 0 saturated heterocycles. The van der Waals surface area contributed by atoms with Crippen LogP contribution < -0.4 is 10.6 Å². The second kappa shape index (κ2) is 9.22. The molecule has 0 bridgehead atoms. The Kier molecular flexibility index (Phi) is 8.80. The van der Waals surface area contributed by atoms with Crippen molar-refractivity contribution in [2.45, 2.75) is 33.3 Å². The molecule has 0 radical (unpaired) electrons. The van der Waals surface area contributed by atoms with Gasteiger partial charge in [0.1, 0.15) is 6.10 Å². The molecule has 22 heavy (non-hydrogen) atoms. The number of nitrogens with one attached hydrogen (secondary N) is 2. The summed E-state index contributed by atoms with van der Waals surface area (Å²) in [6, 6.07) is 0. The third kappa shape index (κ3) is 7.86. The van der Waals surface area contributed by atoms with Crippen molar-refractivity contribution in [2.75, 3.05) is 26.8 Å². The predicted molar refractivity (Wildman–Crippen MR) is 78.9 cm³/mol. The monoisotopic (exact) mass is 340 g/mol. The molecule has 0 aromatic carbocycles. The van der Waals surface area contributed by atoms with Crippen molar-refractivity contribution in [1.82, 2.24) is 10.6 Å². The zero-order valence-electron chi connectivity index (χ0n) is 13.3. The Morgan fingerprint density at radius 2 is 1.91 bits per heavy atom. The molecule has 0 spiro atoms. The summed E-state index contributed by atoms with van der Waals surface area (Å²) < 4.78 is 20.1. The minimum Gasteiger partial charge on any atom is -0.383 e. The molecular weight excluding hydrogens is 315 g/mol. The lowest BCUT2D eigenvalue weighted by atomic mass is 9.87. The molecule has 0 rings (SSSR count). The highest BCUT2D eigenvalue weighted by atomic mass is 31.2. The Hall–Kier alpha value is -0.990. The van der Waals surface area contributed by atoms with Gasteiger partial charge in [0.25, 0.3) is 0 Å². The normalized spacial score (nSPS) is 15.7. The summed E-state index contributed by atoms with van der Waals surface area (Å²) in [6.45, 7) is 4.99. The fourth-order valence-electron chi connectivity index (χ4n) is 1.42. The molecule has 4 N–H and O–H groups in total. The number of hydrogen-bond donors (Lipinski definition) is 4. The van der Waals surface area contributed by atoms with Gasteiger partial charge in [0, 0.05) is 32.0 Å². The predicted octanol–water partition coefficient (Wildman–Crippen LogP) is -0.221. The van der Waals surface area contributed by atoms with Crippen molar-refractivity contribution < 1.29 is 33.2 Å². The molecule has 2 atom stereocenters. The van der Waals surface area contributed by atoms with Crippen LogP contribution in [0.15, 0.2) is 0 Å². The summed E-state index contributed by atoms with van der Waals surface area (Å²) >= 11 is 0. The largest absolute Gasteiger partial charge is 0.471 e. The van der Waals surface area contributed by atoms with Crippen LogP contribution in [0.4, 0.5) is 0 Å². The maximum absolute atomic E-state index is 11.8. The minimum atomic E-state index is -4.18. The third-order valence-corrected chi connectivity index (χ3v) is 3.76. The van der Waals surface area contributed by atoms with E-state index in [1.165, 1.54) is 13.8 Å². The van der Waals surface area contributed by atoms with E-state index < -0.39 is 25.2 Å². The van der Waals surface area contributed by atoms with Gasteiger partial charge in [-0.05, 0) is 6.92 Å². The Bertz CT molecular complexity index is 428. The van der Waals surface area contributed by atoms with Gasteiger partial charge in [-0.2, -0.15) is 0 Å². The van der Waals surface area contributed by atoms with Crippen LogP contribution >= 0.6 is 7.82 Å². The summed E-state index contributed by atoms with van der Waals surface area (Å²) in [7, 11) is -3.17. The lowest BCUT2D eigenvalue weighted by molar-refractivity contribution is -0.137. The van der Waals surface area contributed by atoms with Gasteiger partial charge < -0.3 is 20.6 Å². The Morgan fingerprint density at radius 3 is 2.41 bits per heavy atom. The number of amides is 2.